The van der Waals surface area contributed by atoms with Crippen LogP contribution in [0.2, 0.25) is 0 Å². The standard InChI is InChI=1S/C21H28N2O5/c1-25-19-7-5-16(14-20(19)26-2)18(23-9-12-27-13-10-23)15-22-21(24)8-6-17-4-3-11-28-17/h3-5,7,11,14,18H,6,8-10,12-13,15H2,1-2H3,(H,22,24). The van der Waals surface area contributed by atoms with E-state index in [1.54, 1.807) is 20.5 Å². The summed E-state index contributed by atoms with van der Waals surface area (Å²) < 4.78 is 21.6. The van der Waals surface area contributed by atoms with E-state index in [0.29, 0.717) is 44.1 Å². The van der Waals surface area contributed by atoms with Crippen LogP contribution in [0.5, 0.6) is 11.5 Å². The minimum Gasteiger partial charge on any atom is -0.493 e. The molecule has 0 radical (unpaired) electrons. The molecule has 0 spiro atoms. The number of amides is 1. The van der Waals surface area contributed by atoms with Crippen LogP contribution in [0.15, 0.2) is 41.0 Å². The number of methoxy groups -OCH3 is 2. The third-order valence-electron chi connectivity index (χ3n) is 4.95. The zero-order valence-corrected chi connectivity index (χ0v) is 16.5. The molecule has 0 bridgehead atoms. The van der Waals surface area contributed by atoms with Crippen molar-refractivity contribution < 1.29 is 23.4 Å². The fourth-order valence-electron chi connectivity index (χ4n) is 3.40. The van der Waals surface area contributed by atoms with Crippen LogP contribution in [0.1, 0.15) is 23.8 Å². The number of hydrogen-bond donors (Lipinski definition) is 1. The van der Waals surface area contributed by atoms with Crippen molar-refractivity contribution in [2.45, 2.75) is 18.9 Å². The SMILES string of the molecule is COc1ccc(C(CNC(=O)CCc2ccco2)N2CCOCC2)cc1OC. The second-order valence-electron chi connectivity index (χ2n) is 6.66. The van der Waals surface area contributed by atoms with Gasteiger partial charge in [-0.2, -0.15) is 0 Å². The summed E-state index contributed by atoms with van der Waals surface area (Å²) in [7, 11) is 3.25. The summed E-state index contributed by atoms with van der Waals surface area (Å²) in [5, 5.41) is 3.07. The van der Waals surface area contributed by atoms with Gasteiger partial charge in [0, 0.05) is 32.5 Å². The number of nitrogens with one attached hydrogen (secondary N) is 1. The molecule has 1 aromatic carbocycles. The Morgan fingerprint density at radius 3 is 2.64 bits per heavy atom. The average molecular weight is 388 g/mol. The molecule has 1 fully saturated rings. The molecular formula is C21H28N2O5. The minimum atomic E-state index is 0.00939. The van der Waals surface area contributed by atoms with Crippen molar-refractivity contribution >= 4 is 5.91 Å². The molecule has 152 valence electrons. The van der Waals surface area contributed by atoms with Crippen LogP contribution in [-0.2, 0) is 16.0 Å². The molecular weight excluding hydrogens is 360 g/mol. The molecule has 1 aromatic heterocycles. The molecule has 2 heterocycles. The van der Waals surface area contributed by atoms with Gasteiger partial charge >= 0.3 is 0 Å². The van der Waals surface area contributed by atoms with E-state index in [1.165, 1.54) is 0 Å². The van der Waals surface area contributed by atoms with Crippen molar-refractivity contribution in [2.24, 2.45) is 0 Å². The zero-order chi connectivity index (χ0) is 19.8. The topological polar surface area (TPSA) is 73.2 Å². The molecule has 7 nitrogen and oxygen atoms in total. The second-order valence-corrected chi connectivity index (χ2v) is 6.66. The number of benzene rings is 1. The third kappa shape index (κ3) is 5.27. The van der Waals surface area contributed by atoms with Gasteiger partial charge in [-0.1, -0.05) is 6.07 Å². The van der Waals surface area contributed by atoms with Gasteiger partial charge in [-0.15, -0.1) is 0 Å². The van der Waals surface area contributed by atoms with Crippen LogP contribution < -0.4 is 14.8 Å². The van der Waals surface area contributed by atoms with Gasteiger partial charge in [0.1, 0.15) is 5.76 Å². The molecule has 0 saturated carbocycles. The lowest BCUT2D eigenvalue weighted by atomic mass is 10.0. The summed E-state index contributed by atoms with van der Waals surface area (Å²) in [6.45, 7) is 3.54. The first kappa shape index (κ1) is 20.2. The molecule has 7 heteroatoms. The molecule has 1 saturated heterocycles. The first-order valence-electron chi connectivity index (χ1n) is 9.54. The maximum absolute atomic E-state index is 12.3. The molecule has 28 heavy (non-hydrogen) atoms. The Kier molecular flexibility index (Phi) is 7.33. The second kappa shape index (κ2) is 10.1. The number of furan rings is 1. The van der Waals surface area contributed by atoms with Gasteiger partial charge < -0.3 is 23.9 Å². The maximum atomic E-state index is 12.3. The molecule has 1 N–H and O–H groups in total. The Bertz CT molecular complexity index is 741. The first-order chi connectivity index (χ1) is 13.7. The molecule has 1 aliphatic heterocycles. The van der Waals surface area contributed by atoms with Crippen LogP contribution in [-0.4, -0.2) is 57.9 Å². The van der Waals surface area contributed by atoms with Crippen molar-refractivity contribution in [3.8, 4) is 11.5 Å². The summed E-state index contributed by atoms with van der Waals surface area (Å²) in [5.41, 5.74) is 1.07. The van der Waals surface area contributed by atoms with Crippen molar-refractivity contribution in [3.63, 3.8) is 0 Å². The largest absolute Gasteiger partial charge is 0.493 e. The fourth-order valence-corrected chi connectivity index (χ4v) is 3.40. The van der Waals surface area contributed by atoms with Crippen LogP contribution in [0.25, 0.3) is 0 Å². The molecule has 0 aliphatic carbocycles. The predicted molar refractivity (Wildman–Crippen MR) is 105 cm³/mol. The Morgan fingerprint density at radius 2 is 1.96 bits per heavy atom. The van der Waals surface area contributed by atoms with E-state index in [-0.39, 0.29) is 11.9 Å². The molecule has 2 aromatic rings. The van der Waals surface area contributed by atoms with Crippen molar-refractivity contribution in [1.82, 2.24) is 10.2 Å². The molecule has 1 amide bonds. The molecule has 3 rings (SSSR count). The van der Waals surface area contributed by atoms with Gasteiger partial charge in [-0.25, -0.2) is 0 Å². The van der Waals surface area contributed by atoms with E-state index in [9.17, 15) is 4.79 Å². The van der Waals surface area contributed by atoms with E-state index < -0.39 is 0 Å². The molecule has 1 atom stereocenters. The number of aryl methyl sites for hydroxylation is 1. The summed E-state index contributed by atoms with van der Waals surface area (Å²) in [6.07, 6.45) is 2.62. The number of hydrogen-bond acceptors (Lipinski definition) is 6. The highest BCUT2D eigenvalue weighted by Gasteiger charge is 2.24. The molecule has 1 aliphatic rings. The van der Waals surface area contributed by atoms with E-state index in [1.807, 2.05) is 30.3 Å². The zero-order valence-electron chi connectivity index (χ0n) is 16.5. The third-order valence-corrected chi connectivity index (χ3v) is 4.95. The highest BCUT2D eigenvalue weighted by Crippen LogP contribution is 2.32. The number of nitrogens with zero attached hydrogens (tertiary/aromatic N) is 1. The minimum absolute atomic E-state index is 0.00939. The highest BCUT2D eigenvalue weighted by molar-refractivity contribution is 5.76. The van der Waals surface area contributed by atoms with Crippen LogP contribution >= 0.6 is 0 Å². The van der Waals surface area contributed by atoms with Gasteiger partial charge in [0.25, 0.3) is 0 Å². The summed E-state index contributed by atoms with van der Waals surface area (Å²) >= 11 is 0. The van der Waals surface area contributed by atoms with E-state index in [4.69, 9.17) is 18.6 Å². The predicted octanol–water partition coefficient (Wildman–Crippen LogP) is 2.42. The number of carbonyl (C=O) groups excluding carboxylic acids is 1. The van der Waals surface area contributed by atoms with Gasteiger partial charge in [-0.05, 0) is 29.8 Å². The quantitative estimate of drug-likeness (QED) is 0.711. The van der Waals surface area contributed by atoms with Gasteiger partial charge in [-0.3, -0.25) is 9.69 Å². The number of rotatable bonds is 9. The summed E-state index contributed by atoms with van der Waals surface area (Å²) in [6, 6.07) is 9.66. The summed E-state index contributed by atoms with van der Waals surface area (Å²) in [5.74, 6) is 2.20. The Hall–Kier alpha value is -2.51. The van der Waals surface area contributed by atoms with Gasteiger partial charge in [0.2, 0.25) is 5.91 Å². The number of carbonyl (C=O) groups is 1. The van der Waals surface area contributed by atoms with Crippen molar-refractivity contribution in [3.05, 3.63) is 47.9 Å². The maximum Gasteiger partial charge on any atom is 0.220 e. The average Bonchev–Trinajstić information content (AvgIpc) is 3.26. The van der Waals surface area contributed by atoms with Crippen molar-refractivity contribution in [2.75, 3.05) is 47.1 Å². The van der Waals surface area contributed by atoms with Gasteiger partial charge in [0.15, 0.2) is 11.5 Å². The normalized spacial score (nSPS) is 15.8. The highest BCUT2D eigenvalue weighted by atomic mass is 16.5. The monoisotopic (exact) mass is 388 g/mol. The Labute approximate surface area is 165 Å². The lowest BCUT2D eigenvalue weighted by molar-refractivity contribution is -0.121. The van der Waals surface area contributed by atoms with Crippen LogP contribution in [0, 0.1) is 0 Å². The van der Waals surface area contributed by atoms with Crippen LogP contribution in [0.4, 0.5) is 0 Å². The lowest BCUT2D eigenvalue weighted by Gasteiger charge is -2.35. The lowest BCUT2D eigenvalue weighted by Crippen LogP contribution is -2.43. The number of morpholine rings is 1. The Balaban J connectivity index is 1.67. The molecule has 1 unspecified atom stereocenters. The van der Waals surface area contributed by atoms with Crippen LogP contribution in [0.3, 0.4) is 0 Å². The van der Waals surface area contributed by atoms with E-state index >= 15 is 0 Å². The summed E-state index contributed by atoms with van der Waals surface area (Å²) in [4.78, 5) is 14.7. The number of ether oxygens (including phenoxy) is 3. The fraction of sp³-hybridized carbons (Fsp3) is 0.476. The smallest absolute Gasteiger partial charge is 0.220 e. The Morgan fingerprint density at radius 1 is 1.18 bits per heavy atom. The first-order valence-corrected chi connectivity index (χ1v) is 9.54. The van der Waals surface area contributed by atoms with E-state index in [2.05, 4.69) is 10.2 Å². The van der Waals surface area contributed by atoms with Gasteiger partial charge in [0.05, 0.1) is 39.7 Å². The van der Waals surface area contributed by atoms with E-state index in [0.717, 1.165) is 24.4 Å². The van der Waals surface area contributed by atoms with Crippen molar-refractivity contribution in [1.29, 1.82) is 0 Å².